The predicted molar refractivity (Wildman–Crippen MR) is 67.1 cm³/mol. The fourth-order valence-corrected chi connectivity index (χ4v) is 2.00. The van der Waals surface area contributed by atoms with Crippen molar-refractivity contribution in [3.63, 3.8) is 0 Å². The number of amides is 2. The second-order valence-corrected chi connectivity index (χ2v) is 4.72. The van der Waals surface area contributed by atoms with Gasteiger partial charge in [-0.1, -0.05) is 18.2 Å². The van der Waals surface area contributed by atoms with Crippen LogP contribution < -0.4 is 15.4 Å². The average molecular weight is 324 g/mol. The summed E-state index contributed by atoms with van der Waals surface area (Å²) in [6, 6.07) is 5.31. The van der Waals surface area contributed by atoms with Crippen molar-refractivity contribution in [2.75, 3.05) is 13.2 Å². The van der Waals surface area contributed by atoms with E-state index >= 15 is 0 Å². The first-order valence-electron chi connectivity index (χ1n) is 6.40. The molecule has 0 spiro atoms. The van der Waals surface area contributed by atoms with E-state index in [1.165, 1.54) is 12.1 Å². The minimum absolute atomic E-state index is 0.0912. The van der Waals surface area contributed by atoms with E-state index in [1.54, 1.807) is 12.1 Å². The molecular weight excluding hydrogens is 311 g/mol. The molecule has 2 N–H and O–H groups in total. The van der Waals surface area contributed by atoms with E-state index in [9.17, 15) is 26.7 Å². The van der Waals surface area contributed by atoms with E-state index in [0.29, 0.717) is 5.56 Å². The Morgan fingerprint density at radius 1 is 1.27 bits per heavy atom. The average Bonchev–Trinajstić information content (AvgIpc) is 2.89. The summed E-state index contributed by atoms with van der Waals surface area (Å²) in [4.78, 5) is 11.1. The van der Waals surface area contributed by atoms with Gasteiger partial charge in [-0.15, -0.1) is 0 Å². The number of hydrogen-bond donors (Lipinski definition) is 2. The van der Waals surface area contributed by atoms with Crippen LogP contribution in [0, 0.1) is 0 Å². The summed E-state index contributed by atoms with van der Waals surface area (Å²) in [5.41, 5.74) is 0.468. The topological polar surface area (TPSA) is 50.4 Å². The van der Waals surface area contributed by atoms with Crippen molar-refractivity contribution in [2.45, 2.75) is 24.6 Å². The lowest BCUT2D eigenvalue weighted by molar-refractivity contribution is -0.198. The van der Waals surface area contributed by atoms with Crippen LogP contribution in [-0.2, 0) is 0 Å². The molecule has 2 amide bonds. The number of hydrogen-bond acceptors (Lipinski definition) is 2. The molecule has 1 aromatic carbocycles. The maximum absolute atomic E-state index is 13.2. The number of urea groups is 1. The van der Waals surface area contributed by atoms with Crippen molar-refractivity contribution in [1.29, 1.82) is 0 Å². The number of halogens is 5. The van der Waals surface area contributed by atoms with Gasteiger partial charge in [0.15, 0.2) is 6.17 Å². The Morgan fingerprint density at radius 3 is 2.55 bits per heavy atom. The highest BCUT2D eigenvalue weighted by Gasteiger charge is 2.46. The molecule has 2 rings (SSSR count). The van der Waals surface area contributed by atoms with Gasteiger partial charge in [0, 0.05) is 12.1 Å². The van der Waals surface area contributed by atoms with Crippen LogP contribution >= 0.6 is 0 Å². The van der Waals surface area contributed by atoms with Crippen LogP contribution in [0.5, 0.6) is 5.75 Å². The molecule has 22 heavy (non-hydrogen) atoms. The first-order chi connectivity index (χ1) is 10.3. The monoisotopic (exact) mass is 324 g/mol. The second-order valence-electron chi connectivity index (χ2n) is 4.72. The Labute approximate surface area is 122 Å². The molecule has 4 nitrogen and oxygen atoms in total. The van der Waals surface area contributed by atoms with Crippen LogP contribution in [0.25, 0.3) is 0 Å². The second kappa shape index (κ2) is 6.37. The molecule has 1 aliphatic heterocycles. The van der Waals surface area contributed by atoms with Gasteiger partial charge in [-0.2, -0.15) is 13.2 Å². The zero-order chi connectivity index (χ0) is 16.3. The quantitative estimate of drug-likeness (QED) is 0.818. The molecule has 1 aromatic rings. The highest BCUT2D eigenvalue weighted by Crippen LogP contribution is 2.29. The van der Waals surface area contributed by atoms with Gasteiger partial charge in [-0.05, 0) is 6.07 Å². The van der Waals surface area contributed by atoms with Gasteiger partial charge >= 0.3 is 12.2 Å². The molecule has 1 aliphatic rings. The third-order valence-corrected chi connectivity index (χ3v) is 3.09. The summed E-state index contributed by atoms with van der Waals surface area (Å²) < 4.78 is 67.2. The number of nitrogens with one attached hydrogen (secondary N) is 2. The third-order valence-electron chi connectivity index (χ3n) is 3.09. The van der Waals surface area contributed by atoms with E-state index in [0.717, 1.165) is 0 Å². The number of carbonyl (C=O) groups is 1. The lowest BCUT2D eigenvalue weighted by Gasteiger charge is -2.19. The summed E-state index contributed by atoms with van der Waals surface area (Å²) in [6.45, 7) is -0.821. The zero-order valence-electron chi connectivity index (χ0n) is 11.2. The Bertz CT molecular complexity index is 537. The molecule has 0 saturated carbocycles. The summed E-state index contributed by atoms with van der Waals surface area (Å²) >= 11 is 0. The molecule has 0 radical (unpaired) electrons. The Balaban J connectivity index is 2.03. The maximum atomic E-state index is 13.2. The van der Waals surface area contributed by atoms with E-state index < -0.39 is 37.2 Å². The Hall–Kier alpha value is -2.06. The smallest absolute Gasteiger partial charge is 0.422 e. The van der Waals surface area contributed by atoms with E-state index in [4.69, 9.17) is 4.74 Å². The number of ether oxygens (including phenoxy) is 1. The van der Waals surface area contributed by atoms with Crippen molar-refractivity contribution in [2.24, 2.45) is 0 Å². The molecule has 1 fully saturated rings. The van der Waals surface area contributed by atoms with Gasteiger partial charge in [-0.3, -0.25) is 0 Å². The number of benzene rings is 1. The highest BCUT2D eigenvalue weighted by molar-refractivity contribution is 5.77. The van der Waals surface area contributed by atoms with Gasteiger partial charge in [0.2, 0.25) is 6.17 Å². The van der Waals surface area contributed by atoms with Crippen molar-refractivity contribution >= 4 is 6.03 Å². The molecule has 122 valence electrons. The first-order valence-corrected chi connectivity index (χ1v) is 6.40. The first kappa shape index (κ1) is 16.3. The van der Waals surface area contributed by atoms with Crippen LogP contribution in [0.3, 0.4) is 0 Å². The summed E-state index contributed by atoms with van der Waals surface area (Å²) in [5.74, 6) is 0.0912. The predicted octanol–water partition coefficient (Wildman–Crippen LogP) is 2.66. The normalized spacial score (nSPS) is 21.0. The Kier molecular flexibility index (Phi) is 4.72. The van der Waals surface area contributed by atoms with Crippen molar-refractivity contribution < 1.29 is 31.5 Å². The van der Waals surface area contributed by atoms with E-state index in [2.05, 4.69) is 10.6 Å². The maximum Gasteiger partial charge on any atom is 0.422 e. The number of rotatable bonds is 5. The van der Waals surface area contributed by atoms with Crippen LogP contribution in [0.1, 0.15) is 11.6 Å². The molecule has 9 heteroatoms. The van der Waals surface area contributed by atoms with Crippen molar-refractivity contribution in [3.05, 3.63) is 29.8 Å². The number of para-hydroxylation sites is 1. The minimum Gasteiger partial charge on any atom is -0.490 e. The van der Waals surface area contributed by atoms with Gasteiger partial charge in [-0.25, -0.2) is 13.6 Å². The number of carbonyl (C=O) groups excluding carboxylic acids is 1. The van der Waals surface area contributed by atoms with Crippen molar-refractivity contribution in [3.8, 4) is 5.75 Å². The van der Waals surface area contributed by atoms with Crippen molar-refractivity contribution in [1.82, 2.24) is 10.6 Å². The molecule has 3 unspecified atom stereocenters. The van der Waals surface area contributed by atoms with E-state index in [1.807, 2.05) is 0 Å². The highest BCUT2D eigenvalue weighted by atomic mass is 19.4. The van der Waals surface area contributed by atoms with Gasteiger partial charge in [0.1, 0.15) is 12.4 Å². The molecule has 0 aliphatic carbocycles. The molecule has 1 heterocycles. The summed E-state index contributed by atoms with van der Waals surface area (Å²) in [5, 5.41) is 5.08. The van der Waals surface area contributed by atoms with Gasteiger partial charge < -0.3 is 15.4 Å². The fraction of sp³-hybridized carbons (Fsp3) is 0.462. The lowest BCUT2D eigenvalue weighted by atomic mass is 10.1. The molecule has 0 aromatic heterocycles. The largest absolute Gasteiger partial charge is 0.490 e. The van der Waals surface area contributed by atoms with Crippen LogP contribution in [0.2, 0.25) is 0 Å². The third kappa shape index (κ3) is 3.77. The van der Waals surface area contributed by atoms with Gasteiger partial charge in [0.05, 0.1) is 6.04 Å². The van der Waals surface area contributed by atoms with Crippen LogP contribution in [-0.4, -0.2) is 37.7 Å². The van der Waals surface area contributed by atoms with Crippen LogP contribution in [0.4, 0.5) is 26.7 Å². The van der Waals surface area contributed by atoms with E-state index in [-0.39, 0.29) is 12.3 Å². The molecular formula is C13H13F5N2O2. The summed E-state index contributed by atoms with van der Waals surface area (Å²) in [7, 11) is 0. The zero-order valence-corrected chi connectivity index (χ0v) is 11.2. The standard InChI is InChI=1S/C13H13F5N2O2/c14-8(11(15)13(16,17)18)6-22-10-4-2-1-3-7(10)9-5-19-12(21)20-9/h1-4,8-9,11H,5-6H2,(H2,19,20,21). The minimum atomic E-state index is -5.27. The van der Waals surface area contributed by atoms with Gasteiger partial charge in [0.25, 0.3) is 0 Å². The molecule has 0 bridgehead atoms. The number of alkyl halides is 5. The Morgan fingerprint density at radius 2 is 1.95 bits per heavy atom. The van der Waals surface area contributed by atoms with Crippen LogP contribution in [0.15, 0.2) is 24.3 Å². The fourth-order valence-electron chi connectivity index (χ4n) is 2.00. The molecule has 1 saturated heterocycles. The SMILES string of the molecule is O=C1NCC(c2ccccc2OCC(F)C(F)C(F)(F)F)N1. The lowest BCUT2D eigenvalue weighted by Crippen LogP contribution is -2.37. The summed E-state index contributed by atoms with van der Waals surface area (Å²) in [6.07, 6.45) is -11.7. The molecule has 3 atom stereocenters.